The van der Waals surface area contributed by atoms with Crippen molar-refractivity contribution in [1.82, 2.24) is 0 Å². The molecule has 0 aromatic heterocycles. The predicted molar refractivity (Wildman–Crippen MR) is 89.3 cm³/mol. The summed E-state index contributed by atoms with van der Waals surface area (Å²) < 4.78 is 10.00. The Balaban J connectivity index is 2.30. The van der Waals surface area contributed by atoms with E-state index in [0.717, 1.165) is 22.4 Å². The number of carbonyl (C=O) groups is 3. The van der Waals surface area contributed by atoms with Gasteiger partial charge in [0.15, 0.2) is 5.78 Å². The van der Waals surface area contributed by atoms with Crippen LogP contribution >= 0.6 is 0 Å². The fourth-order valence-electron chi connectivity index (χ4n) is 2.88. The van der Waals surface area contributed by atoms with E-state index in [2.05, 4.69) is 0 Å². The second-order valence-electron chi connectivity index (χ2n) is 5.69. The molecule has 130 valence electrons. The molecule has 0 unspecified atom stereocenters. The summed E-state index contributed by atoms with van der Waals surface area (Å²) in [7, 11) is 0. The predicted octanol–water partition coefficient (Wildman–Crippen LogP) is 2.06. The van der Waals surface area contributed by atoms with Crippen LogP contribution < -0.4 is 4.90 Å². The average molecular weight is 333 g/mol. The van der Waals surface area contributed by atoms with E-state index in [0.29, 0.717) is 12.8 Å². The van der Waals surface area contributed by atoms with Gasteiger partial charge in [-0.3, -0.25) is 14.4 Å². The number of aryl methyl sites for hydroxylation is 2. The molecular formula is C18H23NO5. The van der Waals surface area contributed by atoms with Gasteiger partial charge in [0.05, 0.1) is 13.2 Å². The fraction of sp³-hybridized carbons (Fsp3) is 0.500. The summed E-state index contributed by atoms with van der Waals surface area (Å²) in [6.07, 6.45) is 1.20. The molecule has 1 aliphatic rings. The summed E-state index contributed by atoms with van der Waals surface area (Å²) in [6.45, 7) is 5.82. The lowest BCUT2D eigenvalue weighted by Crippen LogP contribution is -2.36. The summed E-state index contributed by atoms with van der Waals surface area (Å²) in [5.41, 5.74) is 3.30. The molecule has 0 spiro atoms. The van der Waals surface area contributed by atoms with Crippen molar-refractivity contribution in [2.45, 2.75) is 33.6 Å². The molecule has 0 aliphatic heterocycles. The largest absolute Gasteiger partial charge is 0.465 e. The zero-order chi connectivity index (χ0) is 17.7. The zero-order valence-electron chi connectivity index (χ0n) is 14.4. The first-order valence-corrected chi connectivity index (χ1v) is 8.19. The Morgan fingerprint density at radius 1 is 1.04 bits per heavy atom. The second kappa shape index (κ2) is 7.95. The van der Waals surface area contributed by atoms with Gasteiger partial charge in [-0.1, -0.05) is 0 Å². The van der Waals surface area contributed by atoms with Crippen LogP contribution in [0.4, 0.5) is 5.69 Å². The first-order chi connectivity index (χ1) is 11.5. The molecule has 24 heavy (non-hydrogen) atoms. The van der Waals surface area contributed by atoms with Gasteiger partial charge in [-0.2, -0.15) is 0 Å². The quantitative estimate of drug-likeness (QED) is 0.711. The Bertz CT molecular complexity index is 633. The lowest BCUT2D eigenvalue weighted by molar-refractivity contribution is -0.142. The summed E-state index contributed by atoms with van der Waals surface area (Å²) >= 11 is 0. The highest BCUT2D eigenvalue weighted by Gasteiger charge is 2.24. The number of ketones is 1. The van der Waals surface area contributed by atoms with Gasteiger partial charge in [0.2, 0.25) is 0 Å². The molecule has 6 nitrogen and oxygen atoms in total. The van der Waals surface area contributed by atoms with E-state index in [-0.39, 0.29) is 32.1 Å². The molecule has 6 heteroatoms. The molecule has 0 heterocycles. The van der Waals surface area contributed by atoms with E-state index in [1.165, 1.54) is 0 Å². The van der Waals surface area contributed by atoms with Crippen molar-refractivity contribution >= 4 is 23.4 Å². The van der Waals surface area contributed by atoms with Gasteiger partial charge in [0, 0.05) is 17.7 Å². The van der Waals surface area contributed by atoms with Crippen molar-refractivity contribution in [2.75, 3.05) is 31.2 Å². The molecule has 0 bridgehead atoms. The van der Waals surface area contributed by atoms with Gasteiger partial charge in [0.1, 0.15) is 13.1 Å². The van der Waals surface area contributed by atoms with Crippen LogP contribution in [-0.4, -0.2) is 44.0 Å². The SMILES string of the molecule is CCOC(=O)CN(CC(=O)OCC)c1cc2c(cc1C)C(=O)CC2. The minimum absolute atomic E-state index is 0.0414. The molecule has 2 rings (SSSR count). The number of hydrogen-bond donors (Lipinski definition) is 0. The smallest absolute Gasteiger partial charge is 0.325 e. The van der Waals surface area contributed by atoms with E-state index in [9.17, 15) is 14.4 Å². The Morgan fingerprint density at radius 2 is 1.62 bits per heavy atom. The van der Waals surface area contributed by atoms with E-state index in [1.54, 1.807) is 18.7 Å². The van der Waals surface area contributed by atoms with Crippen LogP contribution in [0.2, 0.25) is 0 Å². The maximum atomic E-state index is 11.9. The number of Topliss-reactive ketones (excluding diaryl/α,β-unsaturated/α-hetero) is 1. The Kier molecular flexibility index (Phi) is 5.95. The van der Waals surface area contributed by atoms with Crippen LogP contribution in [0.1, 0.15) is 41.8 Å². The molecule has 1 aromatic rings. The maximum Gasteiger partial charge on any atom is 0.325 e. The van der Waals surface area contributed by atoms with Crippen molar-refractivity contribution in [3.05, 3.63) is 28.8 Å². The number of nitrogens with zero attached hydrogens (tertiary/aromatic N) is 1. The Labute approximate surface area is 141 Å². The summed E-state index contributed by atoms with van der Waals surface area (Å²) in [4.78, 5) is 37.3. The van der Waals surface area contributed by atoms with E-state index < -0.39 is 11.9 Å². The number of ether oxygens (including phenoxy) is 2. The van der Waals surface area contributed by atoms with Gasteiger partial charge in [-0.15, -0.1) is 0 Å². The molecular weight excluding hydrogens is 310 g/mol. The van der Waals surface area contributed by atoms with Crippen LogP contribution in [0.5, 0.6) is 0 Å². The third-order valence-corrected chi connectivity index (χ3v) is 3.93. The molecule has 0 fully saturated rings. The number of esters is 2. The lowest BCUT2D eigenvalue weighted by Gasteiger charge is -2.25. The lowest BCUT2D eigenvalue weighted by atomic mass is 10.0. The standard InChI is InChI=1S/C18H23NO5/c1-4-23-17(21)10-19(11-18(22)24-5-2)15-9-13-6-7-16(20)14(13)8-12(15)3/h8-9H,4-7,10-11H2,1-3H3. The third-order valence-electron chi connectivity index (χ3n) is 3.93. The molecule has 0 atom stereocenters. The third kappa shape index (κ3) is 4.13. The van der Waals surface area contributed by atoms with Gasteiger partial charge < -0.3 is 14.4 Å². The van der Waals surface area contributed by atoms with Crippen LogP contribution in [0.25, 0.3) is 0 Å². The Hall–Kier alpha value is -2.37. The number of anilines is 1. The molecule has 1 aromatic carbocycles. The molecule has 1 aliphatic carbocycles. The van der Waals surface area contributed by atoms with Crippen molar-refractivity contribution in [3.8, 4) is 0 Å². The van der Waals surface area contributed by atoms with Crippen LogP contribution in [-0.2, 0) is 25.5 Å². The molecule has 0 radical (unpaired) electrons. The summed E-state index contributed by atoms with van der Waals surface area (Å²) in [5, 5.41) is 0. The van der Waals surface area contributed by atoms with Gasteiger partial charge >= 0.3 is 11.9 Å². The van der Waals surface area contributed by atoms with Crippen LogP contribution in [0.15, 0.2) is 12.1 Å². The number of benzene rings is 1. The first kappa shape index (κ1) is 18.0. The van der Waals surface area contributed by atoms with Gasteiger partial charge in [-0.05, 0) is 50.5 Å². The molecule has 0 saturated carbocycles. The minimum Gasteiger partial charge on any atom is -0.465 e. The number of fused-ring (bicyclic) bond motifs is 1. The second-order valence-corrected chi connectivity index (χ2v) is 5.69. The normalized spacial score (nSPS) is 12.7. The van der Waals surface area contributed by atoms with Gasteiger partial charge in [-0.25, -0.2) is 0 Å². The molecule has 0 amide bonds. The highest BCUT2D eigenvalue weighted by atomic mass is 16.5. The van der Waals surface area contributed by atoms with Crippen molar-refractivity contribution in [1.29, 1.82) is 0 Å². The zero-order valence-corrected chi connectivity index (χ0v) is 14.4. The van der Waals surface area contributed by atoms with Crippen molar-refractivity contribution in [2.24, 2.45) is 0 Å². The maximum absolute atomic E-state index is 11.9. The minimum atomic E-state index is -0.405. The van der Waals surface area contributed by atoms with Gasteiger partial charge in [0.25, 0.3) is 0 Å². The fourth-order valence-corrected chi connectivity index (χ4v) is 2.88. The van der Waals surface area contributed by atoms with E-state index in [4.69, 9.17) is 9.47 Å². The highest BCUT2D eigenvalue weighted by Crippen LogP contribution is 2.30. The first-order valence-electron chi connectivity index (χ1n) is 8.19. The van der Waals surface area contributed by atoms with E-state index in [1.807, 2.05) is 19.1 Å². The number of rotatable bonds is 7. The van der Waals surface area contributed by atoms with Crippen LogP contribution in [0, 0.1) is 6.92 Å². The number of carbonyl (C=O) groups excluding carboxylic acids is 3. The molecule has 0 N–H and O–H groups in total. The average Bonchev–Trinajstić information content (AvgIpc) is 2.87. The van der Waals surface area contributed by atoms with Crippen molar-refractivity contribution < 1.29 is 23.9 Å². The summed E-state index contributed by atoms with van der Waals surface area (Å²) in [6, 6.07) is 3.73. The highest BCUT2D eigenvalue weighted by molar-refractivity contribution is 6.01. The summed E-state index contributed by atoms with van der Waals surface area (Å²) in [5.74, 6) is -0.669. The topological polar surface area (TPSA) is 72.9 Å². The van der Waals surface area contributed by atoms with Crippen molar-refractivity contribution in [3.63, 3.8) is 0 Å². The monoisotopic (exact) mass is 333 g/mol. The van der Waals surface area contributed by atoms with E-state index >= 15 is 0 Å². The molecule has 0 saturated heterocycles. The van der Waals surface area contributed by atoms with Crippen LogP contribution in [0.3, 0.4) is 0 Å². The number of hydrogen-bond acceptors (Lipinski definition) is 6. The Morgan fingerprint density at radius 3 is 2.17 bits per heavy atom.